The monoisotopic (exact) mass is 253 g/mol. The van der Waals surface area contributed by atoms with Crippen LogP contribution in [0.4, 0.5) is 13.2 Å². The van der Waals surface area contributed by atoms with Crippen LogP contribution in [0.5, 0.6) is 0 Å². The highest BCUT2D eigenvalue weighted by Gasteiger charge is 2.52. The molecule has 100 valence electrons. The molecule has 0 aromatic heterocycles. The second kappa shape index (κ2) is 4.45. The third kappa shape index (κ3) is 2.71. The number of alkyl halides is 3. The fraction of sp³-hybridized carbons (Fsp3) is 0.900. The van der Waals surface area contributed by atoms with Crippen molar-refractivity contribution in [2.75, 3.05) is 13.1 Å². The quantitative estimate of drug-likeness (QED) is 0.752. The van der Waals surface area contributed by atoms with Gasteiger partial charge in [-0.25, -0.2) is 0 Å². The van der Waals surface area contributed by atoms with Crippen LogP contribution in [0.3, 0.4) is 0 Å². The summed E-state index contributed by atoms with van der Waals surface area (Å²) in [6.07, 6.45) is -4.44. The third-order valence-corrected chi connectivity index (χ3v) is 3.08. The molecule has 17 heavy (non-hydrogen) atoms. The molecule has 7 heteroatoms. The SMILES string of the molecule is CC(N)C(N1CCNC(=O)C1(C)C)C(F)(F)F. The summed E-state index contributed by atoms with van der Waals surface area (Å²) in [7, 11) is 0. The highest BCUT2D eigenvalue weighted by Crippen LogP contribution is 2.32. The van der Waals surface area contributed by atoms with Gasteiger partial charge in [-0.15, -0.1) is 0 Å². The van der Waals surface area contributed by atoms with E-state index in [2.05, 4.69) is 5.32 Å². The van der Waals surface area contributed by atoms with Gasteiger partial charge in [0.2, 0.25) is 5.91 Å². The molecule has 1 rings (SSSR count). The average Bonchev–Trinajstić information content (AvgIpc) is 2.10. The first kappa shape index (κ1) is 14.2. The summed E-state index contributed by atoms with van der Waals surface area (Å²) in [4.78, 5) is 12.8. The van der Waals surface area contributed by atoms with Crippen molar-refractivity contribution in [3.05, 3.63) is 0 Å². The number of hydrogen-bond donors (Lipinski definition) is 2. The van der Waals surface area contributed by atoms with Crippen LogP contribution in [0.25, 0.3) is 0 Å². The number of halogens is 3. The number of rotatable bonds is 2. The van der Waals surface area contributed by atoms with Crippen molar-refractivity contribution in [2.45, 2.75) is 44.6 Å². The van der Waals surface area contributed by atoms with Gasteiger partial charge in [0.25, 0.3) is 0 Å². The van der Waals surface area contributed by atoms with Gasteiger partial charge in [0, 0.05) is 19.1 Å². The normalized spacial score (nSPS) is 25.2. The van der Waals surface area contributed by atoms with E-state index in [1.54, 1.807) is 0 Å². The summed E-state index contributed by atoms with van der Waals surface area (Å²) in [5.74, 6) is -0.404. The molecule has 1 fully saturated rings. The van der Waals surface area contributed by atoms with Gasteiger partial charge in [-0.1, -0.05) is 0 Å². The Bertz CT molecular complexity index is 302. The van der Waals surface area contributed by atoms with Gasteiger partial charge in [0.1, 0.15) is 6.04 Å². The molecule has 0 aromatic rings. The lowest BCUT2D eigenvalue weighted by Gasteiger charge is -2.47. The maximum atomic E-state index is 13.0. The van der Waals surface area contributed by atoms with Gasteiger partial charge in [0.15, 0.2) is 0 Å². The van der Waals surface area contributed by atoms with E-state index in [1.807, 2.05) is 0 Å². The molecule has 1 saturated heterocycles. The Morgan fingerprint density at radius 3 is 2.41 bits per heavy atom. The molecule has 1 heterocycles. The molecule has 0 bridgehead atoms. The molecule has 0 saturated carbocycles. The molecular formula is C10H18F3N3O. The van der Waals surface area contributed by atoms with Gasteiger partial charge >= 0.3 is 6.18 Å². The molecule has 0 aromatic carbocycles. The number of nitrogens with one attached hydrogen (secondary N) is 1. The second-order valence-electron chi connectivity index (χ2n) is 4.85. The first-order chi connectivity index (χ1) is 7.58. The zero-order valence-corrected chi connectivity index (χ0v) is 10.1. The number of hydrogen-bond acceptors (Lipinski definition) is 3. The van der Waals surface area contributed by atoms with Crippen LogP contribution in [0.15, 0.2) is 0 Å². The summed E-state index contributed by atoms with van der Waals surface area (Å²) >= 11 is 0. The third-order valence-electron chi connectivity index (χ3n) is 3.08. The van der Waals surface area contributed by atoms with E-state index in [0.717, 1.165) is 4.90 Å². The van der Waals surface area contributed by atoms with Crippen LogP contribution in [0.2, 0.25) is 0 Å². The fourth-order valence-corrected chi connectivity index (χ4v) is 2.16. The zero-order valence-electron chi connectivity index (χ0n) is 10.1. The first-order valence-electron chi connectivity index (χ1n) is 5.46. The van der Waals surface area contributed by atoms with Crippen molar-refractivity contribution in [3.63, 3.8) is 0 Å². The average molecular weight is 253 g/mol. The van der Waals surface area contributed by atoms with E-state index in [1.165, 1.54) is 20.8 Å². The number of carbonyl (C=O) groups is 1. The molecule has 2 atom stereocenters. The van der Waals surface area contributed by atoms with E-state index in [9.17, 15) is 18.0 Å². The molecule has 0 aliphatic carbocycles. The molecule has 1 aliphatic heterocycles. The number of carbonyl (C=O) groups excluding carboxylic acids is 1. The Hall–Kier alpha value is -0.820. The van der Waals surface area contributed by atoms with Crippen LogP contribution < -0.4 is 11.1 Å². The summed E-state index contributed by atoms with van der Waals surface area (Å²) in [5, 5.41) is 2.56. The number of piperazine rings is 1. The summed E-state index contributed by atoms with van der Waals surface area (Å²) in [6, 6.07) is -2.89. The van der Waals surface area contributed by atoms with Gasteiger partial charge < -0.3 is 11.1 Å². The first-order valence-corrected chi connectivity index (χ1v) is 5.46. The Morgan fingerprint density at radius 1 is 1.47 bits per heavy atom. The largest absolute Gasteiger partial charge is 0.405 e. The van der Waals surface area contributed by atoms with Crippen molar-refractivity contribution in [2.24, 2.45) is 5.73 Å². The van der Waals surface area contributed by atoms with Crippen LogP contribution in [-0.2, 0) is 4.79 Å². The van der Waals surface area contributed by atoms with Crippen LogP contribution >= 0.6 is 0 Å². The van der Waals surface area contributed by atoms with Crippen molar-refractivity contribution >= 4 is 5.91 Å². The minimum Gasteiger partial charge on any atom is -0.353 e. The van der Waals surface area contributed by atoms with E-state index >= 15 is 0 Å². The van der Waals surface area contributed by atoms with Crippen molar-refractivity contribution in [1.29, 1.82) is 0 Å². The summed E-state index contributed by atoms with van der Waals surface area (Å²) in [5.41, 5.74) is 4.22. The van der Waals surface area contributed by atoms with Crippen LogP contribution in [0, 0.1) is 0 Å². The Balaban J connectivity index is 3.06. The number of nitrogens with zero attached hydrogens (tertiary/aromatic N) is 1. The topological polar surface area (TPSA) is 58.4 Å². The Morgan fingerprint density at radius 2 is 2.00 bits per heavy atom. The predicted molar refractivity (Wildman–Crippen MR) is 57.3 cm³/mol. The van der Waals surface area contributed by atoms with Gasteiger partial charge in [-0.05, 0) is 20.8 Å². The molecule has 3 N–H and O–H groups in total. The van der Waals surface area contributed by atoms with Crippen molar-refractivity contribution in [1.82, 2.24) is 10.2 Å². The van der Waals surface area contributed by atoms with Crippen LogP contribution in [0.1, 0.15) is 20.8 Å². The molecule has 1 amide bonds. The van der Waals surface area contributed by atoms with Gasteiger partial charge in [0.05, 0.1) is 5.54 Å². The van der Waals surface area contributed by atoms with Crippen molar-refractivity contribution < 1.29 is 18.0 Å². The van der Waals surface area contributed by atoms with Gasteiger partial charge in [-0.2, -0.15) is 13.2 Å². The van der Waals surface area contributed by atoms with Crippen molar-refractivity contribution in [3.8, 4) is 0 Å². The van der Waals surface area contributed by atoms with E-state index in [4.69, 9.17) is 5.73 Å². The molecule has 4 nitrogen and oxygen atoms in total. The maximum absolute atomic E-state index is 13.0. The molecule has 1 aliphatic rings. The maximum Gasteiger partial charge on any atom is 0.405 e. The predicted octanol–water partition coefficient (Wildman–Crippen LogP) is 0.475. The second-order valence-corrected chi connectivity index (χ2v) is 4.85. The number of amides is 1. The summed E-state index contributed by atoms with van der Waals surface area (Å²) < 4.78 is 38.9. The van der Waals surface area contributed by atoms with Gasteiger partial charge in [-0.3, -0.25) is 9.69 Å². The van der Waals surface area contributed by atoms with E-state index in [0.29, 0.717) is 0 Å². The Kier molecular flexibility index (Phi) is 3.73. The lowest BCUT2D eigenvalue weighted by molar-refractivity contribution is -0.204. The molecule has 0 spiro atoms. The van der Waals surface area contributed by atoms with Crippen LogP contribution in [-0.4, -0.2) is 47.7 Å². The lowest BCUT2D eigenvalue weighted by atomic mass is 9.94. The molecule has 0 radical (unpaired) electrons. The van der Waals surface area contributed by atoms with E-state index < -0.39 is 29.7 Å². The highest BCUT2D eigenvalue weighted by atomic mass is 19.4. The van der Waals surface area contributed by atoms with E-state index in [-0.39, 0.29) is 13.1 Å². The smallest absolute Gasteiger partial charge is 0.353 e. The minimum atomic E-state index is -4.44. The Labute approximate surface area is 98.3 Å². The standard InChI is InChI=1S/C10H18F3N3O/c1-6(14)7(10(11,12)13)16-5-4-15-8(17)9(16,2)3/h6-7H,4-5,14H2,1-3H3,(H,15,17). The summed E-state index contributed by atoms with van der Waals surface area (Å²) in [6.45, 7) is 4.61. The molecular weight excluding hydrogens is 235 g/mol. The number of nitrogens with two attached hydrogens (primary N) is 1. The molecule has 2 unspecified atom stereocenters. The fourth-order valence-electron chi connectivity index (χ4n) is 2.16. The zero-order chi connectivity index (χ0) is 13.4. The highest BCUT2D eigenvalue weighted by molar-refractivity contribution is 5.86. The lowest BCUT2D eigenvalue weighted by Crippen LogP contribution is -2.69. The minimum absolute atomic E-state index is 0.143.